The molecule has 0 radical (unpaired) electrons. The van der Waals surface area contributed by atoms with Crippen LogP contribution in [0.2, 0.25) is 0 Å². The van der Waals surface area contributed by atoms with E-state index >= 15 is 0 Å². The van der Waals surface area contributed by atoms with Crippen molar-refractivity contribution in [2.45, 2.75) is 53.1 Å². The zero-order valence-corrected chi connectivity index (χ0v) is 13.2. The van der Waals surface area contributed by atoms with Crippen LogP contribution < -0.4 is 5.32 Å². The molecular weight excluding hydrogens is 260 g/mol. The average Bonchev–Trinajstić information content (AvgIpc) is 2.73. The standard InChI is InChI=1S/C14H24N2O2S/c1-9(2)13-16-10(8-19-13)6-12(18)15-7-11(17)14(3,4)5/h8-9,11,17H,6-7H2,1-5H3,(H,15,18). The smallest absolute Gasteiger partial charge is 0.226 e. The minimum absolute atomic E-state index is 0.0936. The average molecular weight is 284 g/mol. The Bertz CT molecular complexity index is 421. The molecule has 0 bridgehead atoms. The number of amides is 1. The molecule has 1 atom stereocenters. The van der Waals surface area contributed by atoms with Crippen molar-refractivity contribution in [1.82, 2.24) is 10.3 Å². The Hall–Kier alpha value is -0.940. The van der Waals surface area contributed by atoms with Crippen LogP contribution in [0.1, 0.15) is 51.2 Å². The summed E-state index contributed by atoms with van der Waals surface area (Å²) in [6.07, 6.45) is -0.266. The third-order valence-electron chi connectivity index (χ3n) is 2.90. The molecule has 0 spiro atoms. The van der Waals surface area contributed by atoms with E-state index in [4.69, 9.17) is 0 Å². The molecule has 4 nitrogen and oxygen atoms in total. The van der Waals surface area contributed by atoms with Gasteiger partial charge in [0.2, 0.25) is 5.91 Å². The maximum absolute atomic E-state index is 11.8. The van der Waals surface area contributed by atoms with Gasteiger partial charge in [-0.05, 0) is 5.41 Å². The monoisotopic (exact) mass is 284 g/mol. The van der Waals surface area contributed by atoms with Gasteiger partial charge >= 0.3 is 0 Å². The van der Waals surface area contributed by atoms with Gasteiger partial charge in [0, 0.05) is 17.8 Å². The van der Waals surface area contributed by atoms with Crippen molar-refractivity contribution in [3.8, 4) is 0 Å². The number of hydrogen-bond donors (Lipinski definition) is 2. The van der Waals surface area contributed by atoms with Gasteiger partial charge in [0.15, 0.2) is 0 Å². The molecule has 1 heterocycles. The zero-order chi connectivity index (χ0) is 14.6. The Kier molecular flexibility index (Phi) is 5.50. The number of aliphatic hydroxyl groups is 1. The Balaban J connectivity index is 2.43. The number of aromatic nitrogens is 1. The third-order valence-corrected chi connectivity index (χ3v) is 4.09. The number of nitrogens with zero attached hydrogens (tertiary/aromatic N) is 1. The first kappa shape index (κ1) is 16.1. The highest BCUT2D eigenvalue weighted by Gasteiger charge is 2.22. The molecule has 1 aromatic heterocycles. The molecule has 1 amide bonds. The van der Waals surface area contributed by atoms with Crippen LogP contribution in [0.5, 0.6) is 0 Å². The topological polar surface area (TPSA) is 62.2 Å². The molecule has 0 aliphatic heterocycles. The minimum Gasteiger partial charge on any atom is -0.391 e. The van der Waals surface area contributed by atoms with Gasteiger partial charge < -0.3 is 10.4 Å². The number of aliphatic hydroxyl groups excluding tert-OH is 1. The van der Waals surface area contributed by atoms with E-state index in [1.807, 2.05) is 26.2 Å². The Labute approximate surface area is 119 Å². The molecule has 0 saturated heterocycles. The van der Waals surface area contributed by atoms with E-state index in [0.717, 1.165) is 10.7 Å². The largest absolute Gasteiger partial charge is 0.391 e. The second-order valence-corrected chi connectivity index (χ2v) is 7.08. The number of nitrogens with one attached hydrogen (secondary N) is 1. The first-order chi connectivity index (χ1) is 8.70. The fraction of sp³-hybridized carbons (Fsp3) is 0.714. The molecule has 108 valence electrons. The van der Waals surface area contributed by atoms with E-state index in [9.17, 15) is 9.90 Å². The van der Waals surface area contributed by atoms with E-state index in [1.165, 1.54) is 0 Å². The highest BCUT2D eigenvalue weighted by Crippen LogP contribution is 2.20. The second-order valence-electron chi connectivity index (χ2n) is 6.19. The lowest BCUT2D eigenvalue weighted by molar-refractivity contribution is -0.121. The molecule has 0 fully saturated rings. The highest BCUT2D eigenvalue weighted by molar-refractivity contribution is 7.09. The molecule has 0 aliphatic rings. The van der Waals surface area contributed by atoms with Gasteiger partial charge in [0.25, 0.3) is 0 Å². The van der Waals surface area contributed by atoms with Gasteiger partial charge in [0.05, 0.1) is 23.2 Å². The van der Waals surface area contributed by atoms with Crippen LogP contribution in [0.3, 0.4) is 0 Å². The first-order valence-corrected chi connectivity index (χ1v) is 7.47. The zero-order valence-electron chi connectivity index (χ0n) is 12.4. The summed E-state index contributed by atoms with van der Waals surface area (Å²) in [6, 6.07) is 0. The first-order valence-electron chi connectivity index (χ1n) is 6.59. The van der Waals surface area contributed by atoms with Crippen LogP contribution in [-0.4, -0.2) is 28.6 Å². The lowest BCUT2D eigenvalue weighted by Crippen LogP contribution is -2.39. The van der Waals surface area contributed by atoms with Crippen molar-refractivity contribution in [2.24, 2.45) is 5.41 Å². The van der Waals surface area contributed by atoms with Gasteiger partial charge in [-0.25, -0.2) is 4.98 Å². The summed E-state index contributed by atoms with van der Waals surface area (Å²) in [6.45, 7) is 10.3. The molecule has 1 aromatic rings. The lowest BCUT2D eigenvalue weighted by atomic mass is 9.89. The van der Waals surface area contributed by atoms with Crippen LogP contribution in [0.25, 0.3) is 0 Å². The van der Waals surface area contributed by atoms with E-state index < -0.39 is 6.10 Å². The van der Waals surface area contributed by atoms with Crippen LogP contribution in [0.4, 0.5) is 0 Å². The summed E-state index contributed by atoms with van der Waals surface area (Å²) in [4.78, 5) is 16.2. The van der Waals surface area contributed by atoms with Crippen LogP contribution >= 0.6 is 11.3 Å². The minimum atomic E-state index is -0.543. The number of rotatable bonds is 5. The van der Waals surface area contributed by atoms with Crippen LogP contribution in [0.15, 0.2) is 5.38 Å². The molecule has 19 heavy (non-hydrogen) atoms. The Morgan fingerprint density at radius 1 is 1.47 bits per heavy atom. The number of carbonyl (C=O) groups excluding carboxylic acids is 1. The quantitative estimate of drug-likeness (QED) is 0.872. The number of thiazole rings is 1. The Morgan fingerprint density at radius 3 is 2.58 bits per heavy atom. The molecule has 1 rings (SSSR count). The normalized spacial score (nSPS) is 13.6. The summed E-state index contributed by atoms with van der Waals surface area (Å²) in [5, 5.41) is 15.6. The predicted molar refractivity (Wildman–Crippen MR) is 78.4 cm³/mol. The highest BCUT2D eigenvalue weighted by atomic mass is 32.1. The van der Waals surface area contributed by atoms with Crippen molar-refractivity contribution in [3.05, 3.63) is 16.1 Å². The van der Waals surface area contributed by atoms with E-state index in [-0.39, 0.29) is 24.3 Å². The summed E-state index contributed by atoms with van der Waals surface area (Å²) < 4.78 is 0. The van der Waals surface area contributed by atoms with Gasteiger partial charge in [-0.2, -0.15) is 0 Å². The van der Waals surface area contributed by atoms with Crippen molar-refractivity contribution >= 4 is 17.2 Å². The fourth-order valence-corrected chi connectivity index (χ4v) is 2.25. The van der Waals surface area contributed by atoms with E-state index in [2.05, 4.69) is 24.1 Å². The van der Waals surface area contributed by atoms with Crippen molar-refractivity contribution in [3.63, 3.8) is 0 Å². The van der Waals surface area contributed by atoms with Crippen molar-refractivity contribution < 1.29 is 9.90 Å². The summed E-state index contributed by atoms with van der Waals surface area (Å²) in [5.41, 5.74) is 0.579. The van der Waals surface area contributed by atoms with Gasteiger partial charge in [-0.3, -0.25) is 4.79 Å². The van der Waals surface area contributed by atoms with Crippen molar-refractivity contribution in [1.29, 1.82) is 0 Å². The molecular formula is C14H24N2O2S. The second kappa shape index (κ2) is 6.48. The molecule has 2 N–H and O–H groups in total. The summed E-state index contributed by atoms with van der Waals surface area (Å²) in [5.74, 6) is 0.299. The van der Waals surface area contributed by atoms with Crippen LogP contribution in [0, 0.1) is 5.41 Å². The maximum Gasteiger partial charge on any atom is 0.226 e. The lowest BCUT2D eigenvalue weighted by Gasteiger charge is -2.25. The summed E-state index contributed by atoms with van der Waals surface area (Å²) >= 11 is 1.59. The number of hydrogen-bond acceptors (Lipinski definition) is 4. The molecule has 5 heteroatoms. The van der Waals surface area contributed by atoms with Gasteiger partial charge in [-0.15, -0.1) is 11.3 Å². The Morgan fingerprint density at radius 2 is 2.11 bits per heavy atom. The van der Waals surface area contributed by atoms with Gasteiger partial charge in [-0.1, -0.05) is 34.6 Å². The molecule has 0 aromatic carbocycles. The number of carbonyl (C=O) groups is 1. The van der Waals surface area contributed by atoms with E-state index in [1.54, 1.807) is 11.3 Å². The summed E-state index contributed by atoms with van der Waals surface area (Å²) in [7, 11) is 0. The maximum atomic E-state index is 11.8. The predicted octanol–water partition coefficient (Wildman–Crippen LogP) is 2.33. The van der Waals surface area contributed by atoms with Gasteiger partial charge in [0.1, 0.15) is 0 Å². The SMILES string of the molecule is CC(C)c1nc(CC(=O)NCC(O)C(C)(C)C)cs1. The van der Waals surface area contributed by atoms with Crippen LogP contribution in [-0.2, 0) is 11.2 Å². The molecule has 0 aliphatic carbocycles. The molecule has 0 saturated carbocycles. The molecule has 1 unspecified atom stereocenters. The van der Waals surface area contributed by atoms with Crippen molar-refractivity contribution in [2.75, 3.05) is 6.54 Å². The fourth-order valence-electron chi connectivity index (χ4n) is 1.41. The third kappa shape index (κ3) is 5.28. The van der Waals surface area contributed by atoms with E-state index in [0.29, 0.717) is 5.92 Å².